The number of para-hydroxylation sites is 2. The first-order chi connectivity index (χ1) is 14.6. The summed E-state index contributed by atoms with van der Waals surface area (Å²) in [7, 11) is 0. The van der Waals surface area contributed by atoms with Crippen LogP contribution in [0.3, 0.4) is 0 Å². The van der Waals surface area contributed by atoms with E-state index >= 15 is 0 Å². The zero-order chi connectivity index (χ0) is 20.9. The van der Waals surface area contributed by atoms with Crippen LogP contribution in [0.1, 0.15) is 38.2 Å². The fourth-order valence-corrected chi connectivity index (χ4v) is 4.38. The van der Waals surface area contributed by atoms with Crippen molar-refractivity contribution in [2.75, 3.05) is 29.1 Å². The molecule has 1 fully saturated rings. The average Bonchev–Trinajstić information content (AvgIpc) is 3.45. The number of hydrogen-bond acceptors (Lipinski definition) is 5. The molecule has 0 atom stereocenters. The lowest BCUT2D eigenvalue weighted by Crippen LogP contribution is -2.21. The molecule has 0 bridgehead atoms. The first-order valence-electron chi connectivity index (χ1n) is 10.4. The molecular formula is C23H27N5OS. The van der Waals surface area contributed by atoms with Crippen molar-refractivity contribution in [3.63, 3.8) is 0 Å². The second-order valence-corrected chi connectivity index (χ2v) is 8.72. The van der Waals surface area contributed by atoms with Gasteiger partial charge in [0, 0.05) is 18.8 Å². The van der Waals surface area contributed by atoms with Crippen LogP contribution in [0, 0.1) is 0 Å². The minimum Gasteiger partial charge on any atom is -0.370 e. The molecule has 156 valence electrons. The van der Waals surface area contributed by atoms with Gasteiger partial charge in [-0.3, -0.25) is 9.36 Å². The fourth-order valence-electron chi connectivity index (χ4n) is 3.65. The highest BCUT2D eigenvalue weighted by atomic mass is 32.2. The average molecular weight is 422 g/mol. The van der Waals surface area contributed by atoms with Gasteiger partial charge in [-0.2, -0.15) is 0 Å². The number of thioether (sulfide) groups is 1. The maximum atomic E-state index is 12.6. The van der Waals surface area contributed by atoms with Crippen LogP contribution in [-0.2, 0) is 4.79 Å². The van der Waals surface area contributed by atoms with E-state index in [2.05, 4.69) is 64.6 Å². The number of amides is 1. The molecular weight excluding hydrogens is 394 g/mol. The van der Waals surface area contributed by atoms with Crippen molar-refractivity contribution >= 4 is 29.0 Å². The van der Waals surface area contributed by atoms with E-state index in [0.717, 1.165) is 30.2 Å². The second kappa shape index (κ2) is 9.34. The van der Waals surface area contributed by atoms with Crippen LogP contribution in [0.4, 0.5) is 11.4 Å². The van der Waals surface area contributed by atoms with E-state index < -0.39 is 0 Å². The third-order valence-corrected chi connectivity index (χ3v) is 6.25. The van der Waals surface area contributed by atoms with Gasteiger partial charge in [-0.25, -0.2) is 0 Å². The summed E-state index contributed by atoms with van der Waals surface area (Å²) in [6, 6.07) is 16.4. The maximum absolute atomic E-state index is 12.6. The minimum absolute atomic E-state index is 0.0450. The lowest BCUT2D eigenvalue weighted by molar-refractivity contribution is -0.113. The van der Waals surface area contributed by atoms with Gasteiger partial charge in [-0.1, -0.05) is 49.9 Å². The number of anilines is 2. The van der Waals surface area contributed by atoms with Crippen molar-refractivity contribution < 1.29 is 4.79 Å². The Morgan fingerprint density at radius 3 is 2.57 bits per heavy atom. The van der Waals surface area contributed by atoms with Gasteiger partial charge in [0.2, 0.25) is 5.91 Å². The molecule has 6 nitrogen and oxygen atoms in total. The zero-order valence-corrected chi connectivity index (χ0v) is 18.2. The van der Waals surface area contributed by atoms with E-state index in [1.165, 1.54) is 30.2 Å². The molecule has 0 radical (unpaired) electrons. The summed E-state index contributed by atoms with van der Waals surface area (Å²) in [4.78, 5) is 15.0. The van der Waals surface area contributed by atoms with Gasteiger partial charge in [0.05, 0.1) is 17.1 Å². The lowest BCUT2D eigenvalue weighted by Gasteiger charge is -2.21. The highest BCUT2D eigenvalue weighted by Gasteiger charge is 2.17. The molecule has 1 aromatic heterocycles. The molecule has 4 rings (SSSR count). The highest BCUT2D eigenvalue weighted by Crippen LogP contribution is 2.29. The Morgan fingerprint density at radius 2 is 1.83 bits per heavy atom. The SMILES string of the molecule is CC(C)c1ccc(-n2cnnc2SCC(=O)Nc2ccccc2N2CCCC2)cc1. The monoisotopic (exact) mass is 421 g/mol. The van der Waals surface area contributed by atoms with Crippen molar-refractivity contribution in [3.05, 3.63) is 60.4 Å². The third kappa shape index (κ3) is 4.67. The number of carbonyl (C=O) groups is 1. The van der Waals surface area contributed by atoms with Crippen LogP contribution < -0.4 is 10.2 Å². The molecule has 0 spiro atoms. The molecule has 0 aliphatic carbocycles. The lowest BCUT2D eigenvalue weighted by atomic mass is 10.0. The fraction of sp³-hybridized carbons (Fsp3) is 0.348. The van der Waals surface area contributed by atoms with Crippen LogP contribution in [0.25, 0.3) is 5.69 Å². The van der Waals surface area contributed by atoms with Gasteiger partial charge in [-0.15, -0.1) is 10.2 Å². The smallest absolute Gasteiger partial charge is 0.234 e. The van der Waals surface area contributed by atoms with E-state index in [0.29, 0.717) is 11.1 Å². The number of nitrogens with zero attached hydrogens (tertiary/aromatic N) is 4. The van der Waals surface area contributed by atoms with Crippen LogP contribution in [0.2, 0.25) is 0 Å². The third-order valence-electron chi connectivity index (χ3n) is 5.31. The van der Waals surface area contributed by atoms with Crippen molar-refractivity contribution in [3.8, 4) is 5.69 Å². The molecule has 0 saturated carbocycles. The van der Waals surface area contributed by atoms with Gasteiger partial charge in [0.1, 0.15) is 6.33 Å². The van der Waals surface area contributed by atoms with Crippen LogP contribution in [-0.4, -0.2) is 39.5 Å². The van der Waals surface area contributed by atoms with Crippen molar-refractivity contribution in [2.24, 2.45) is 0 Å². The number of benzene rings is 2. The zero-order valence-electron chi connectivity index (χ0n) is 17.4. The van der Waals surface area contributed by atoms with Crippen molar-refractivity contribution in [1.29, 1.82) is 0 Å². The molecule has 1 aliphatic rings. The molecule has 1 saturated heterocycles. The normalized spacial score (nSPS) is 13.8. The summed E-state index contributed by atoms with van der Waals surface area (Å²) in [6.45, 7) is 6.44. The van der Waals surface area contributed by atoms with E-state index in [1.54, 1.807) is 6.33 Å². The molecule has 7 heteroatoms. The summed E-state index contributed by atoms with van der Waals surface area (Å²) >= 11 is 1.39. The van der Waals surface area contributed by atoms with Gasteiger partial charge in [0.15, 0.2) is 5.16 Å². The minimum atomic E-state index is -0.0450. The Labute approximate surface area is 181 Å². The van der Waals surface area contributed by atoms with Crippen molar-refractivity contribution in [2.45, 2.75) is 37.8 Å². The van der Waals surface area contributed by atoms with Crippen LogP contribution >= 0.6 is 11.8 Å². The first kappa shape index (κ1) is 20.5. The standard InChI is InChI=1S/C23H27N5OS/c1-17(2)18-9-11-19(12-10-18)28-16-24-26-23(28)30-15-22(29)25-20-7-3-4-8-21(20)27-13-5-6-14-27/h3-4,7-12,16-17H,5-6,13-15H2,1-2H3,(H,25,29). The molecule has 2 heterocycles. The number of nitrogens with one attached hydrogen (secondary N) is 1. The molecule has 1 N–H and O–H groups in total. The summed E-state index contributed by atoms with van der Waals surface area (Å²) in [5, 5.41) is 12.0. The molecule has 1 amide bonds. The summed E-state index contributed by atoms with van der Waals surface area (Å²) in [6.07, 6.45) is 4.09. The Morgan fingerprint density at radius 1 is 1.10 bits per heavy atom. The number of carbonyl (C=O) groups excluding carboxylic acids is 1. The van der Waals surface area contributed by atoms with Crippen molar-refractivity contribution in [1.82, 2.24) is 14.8 Å². The summed E-state index contributed by atoms with van der Waals surface area (Å²) < 4.78 is 1.92. The number of hydrogen-bond donors (Lipinski definition) is 1. The summed E-state index contributed by atoms with van der Waals surface area (Å²) in [5.41, 5.74) is 4.25. The van der Waals surface area contributed by atoms with Crippen LogP contribution in [0.15, 0.2) is 60.0 Å². The largest absolute Gasteiger partial charge is 0.370 e. The Hall–Kier alpha value is -2.80. The van der Waals surface area contributed by atoms with Gasteiger partial charge in [-0.05, 0) is 48.6 Å². The Bertz CT molecular complexity index is 993. The van der Waals surface area contributed by atoms with E-state index in [-0.39, 0.29) is 11.7 Å². The molecule has 0 unspecified atom stereocenters. The van der Waals surface area contributed by atoms with E-state index in [9.17, 15) is 4.79 Å². The van der Waals surface area contributed by atoms with Gasteiger partial charge < -0.3 is 10.2 Å². The predicted molar refractivity (Wildman–Crippen MR) is 123 cm³/mol. The number of rotatable bonds is 7. The Balaban J connectivity index is 1.40. The molecule has 30 heavy (non-hydrogen) atoms. The van der Waals surface area contributed by atoms with E-state index in [4.69, 9.17) is 0 Å². The van der Waals surface area contributed by atoms with E-state index in [1.807, 2.05) is 22.8 Å². The predicted octanol–water partition coefficient (Wildman–Crippen LogP) is 4.72. The molecule has 3 aromatic rings. The molecule has 2 aromatic carbocycles. The summed E-state index contributed by atoms with van der Waals surface area (Å²) in [5.74, 6) is 0.717. The quantitative estimate of drug-likeness (QED) is 0.559. The second-order valence-electron chi connectivity index (χ2n) is 7.78. The molecule has 1 aliphatic heterocycles. The van der Waals surface area contributed by atoms with Crippen LogP contribution in [0.5, 0.6) is 0 Å². The first-order valence-corrected chi connectivity index (χ1v) is 11.4. The van der Waals surface area contributed by atoms with Gasteiger partial charge in [0.25, 0.3) is 0 Å². The number of aromatic nitrogens is 3. The highest BCUT2D eigenvalue weighted by molar-refractivity contribution is 7.99. The van der Waals surface area contributed by atoms with Gasteiger partial charge >= 0.3 is 0 Å². The Kier molecular flexibility index (Phi) is 6.38. The topological polar surface area (TPSA) is 63.1 Å². The maximum Gasteiger partial charge on any atom is 0.234 e.